The van der Waals surface area contributed by atoms with Gasteiger partial charge in [0, 0.05) is 22.9 Å². The van der Waals surface area contributed by atoms with Crippen LogP contribution in [-0.2, 0) is 5.41 Å². The Bertz CT molecular complexity index is 681. The van der Waals surface area contributed by atoms with E-state index in [1.54, 1.807) is 18.3 Å². The lowest BCUT2D eigenvalue weighted by molar-refractivity contribution is 0.102. The maximum Gasteiger partial charge on any atom is 0.255 e. The highest BCUT2D eigenvalue weighted by molar-refractivity contribution is 6.34. The molecule has 110 valence electrons. The summed E-state index contributed by atoms with van der Waals surface area (Å²) in [4.78, 5) is 20.5. The summed E-state index contributed by atoms with van der Waals surface area (Å²) in [6.45, 7) is 6.02. The van der Waals surface area contributed by atoms with Crippen LogP contribution in [-0.4, -0.2) is 15.9 Å². The van der Waals surface area contributed by atoms with Gasteiger partial charge in [-0.1, -0.05) is 44.0 Å². The van der Waals surface area contributed by atoms with Gasteiger partial charge in [-0.3, -0.25) is 9.78 Å². The van der Waals surface area contributed by atoms with Crippen molar-refractivity contribution in [1.82, 2.24) is 9.97 Å². The van der Waals surface area contributed by atoms with Crippen molar-refractivity contribution < 1.29 is 4.79 Å². The normalized spacial score (nSPS) is 11.3. The van der Waals surface area contributed by atoms with Crippen molar-refractivity contribution in [3.63, 3.8) is 0 Å². The summed E-state index contributed by atoms with van der Waals surface area (Å²) < 4.78 is 0. The SMILES string of the molecule is CC(C)(C)c1cc(C(=O)Nc2cnccc2Cl)cc(Cl)n1. The van der Waals surface area contributed by atoms with Crippen molar-refractivity contribution in [2.75, 3.05) is 5.32 Å². The van der Waals surface area contributed by atoms with Gasteiger partial charge in [0.25, 0.3) is 5.91 Å². The summed E-state index contributed by atoms with van der Waals surface area (Å²) in [5, 5.41) is 3.42. The van der Waals surface area contributed by atoms with Crippen LogP contribution in [0.25, 0.3) is 0 Å². The lowest BCUT2D eigenvalue weighted by Gasteiger charge is -2.18. The Morgan fingerprint density at radius 2 is 1.95 bits per heavy atom. The first-order valence-corrected chi connectivity index (χ1v) is 7.12. The number of anilines is 1. The van der Waals surface area contributed by atoms with E-state index in [4.69, 9.17) is 23.2 Å². The highest BCUT2D eigenvalue weighted by Gasteiger charge is 2.19. The molecule has 1 N–H and O–H groups in total. The zero-order chi connectivity index (χ0) is 15.6. The number of rotatable bonds is 2. The summed E-state index contributed by atoms with van der Waals surface area (Å²) in [6, 6.07) is 4.86. The number of amides is 1. The fourth-order valence-corrected chi connectivity index (χ4v) is 2.04. The van der Waals surface area contributed by atoms with Crippen LogP contribution in [0.15, 0.2) is 30.6 Å². The van der Waals surface area contributed by atoms with Gasteiger partial charge in [0.2, 0.25) is 0 Å². The number of carbonyl (C=O) groups excluding carboxylic acids is 1. The van der Waals surface area contributed by atoms with E-state index in [2.05, 4.69) is 15.3 Å². The summed E-state index contributed by atoms with van der Waals surface area (Å²) >= 11 is 12.0. The Morgan fingerprint density at radius 1 is 1.24 bits per heavy atom. The van der Waals surface area contributed by atoms with Gasteiger partial charge < -0.3 is 5.32 Å². The first-order chi connectivity index (χ1) is 9.77. The molecule has 0 aliphatic rings. The minimum Gasteiger partial charge on any atom is -0.319 e. The maximum atomic E-state index is 12.3. The van der Waals surface area contributed by atoms with Gasteiger partial charge >= 0.3 is 0 Å². The summed E-state index contributed by atoms with van der Waals surface area (Å²) in [5.74, 6) is -0.306. The predicted octanol–water partition coefficient (Wildman–Crippen LogP) is 4.33. The van der Waals surface area contributed by atoms with Crippen LogP contribution in [0.4, 0.5) is 5.69 Å². The quantitative estimate of drug-likeness (QED) is 0.836. The highest BCUT2D eigenvalue weighted by atomic mass is 35.5. The molecule has 0 fully saturated rings. The van der Waals surface area contributed by atoms with Crippen LogP contribution in [0, 0.1) is 0 Å². The molecule has 0 unspecified atom stereocenters. The largest absolute Gasteiger partial charge is 0.319 e. The standard InChI is InChI=1S/C15H15Cl2N3O/c1-15(2,3)12-6-9(7-13(17)20-12)14(21)19-11-8-18-5-4-10(11)16/h4-8H,1-3H3,(H,19,21). The Hall–Kier alpha value is -1.65. The molecule has 0 aliphatic carbocycles. The first-order valence-electron chi connectivity index (χ1n) is 6.36. The number of hydrogen-bond acceptors (Lipinski definition) is 3. The molecule has 0 saturated carbocycles. The Morgan fingerprint density at radius 3 is 2.57 bits per heavy atom. The zero-order valence-electron chi connectivity index (χ0n) is 11.9. The minimum atomic E-state index is -0.306. The fraction of sp³-hybridized carbons (Fsp3) is 0.267. The van der Waals surface area contributed by atoms with Gasteiger partial charge in [-0.15, -0.1) is 0 Å². The number of hydrogen-bond donors (Lipinski definition) is 1. The third-order valence-corrected chi connectivity index (χ3v) is 3.36. The third-order valence-electron chi connectivity index (χ3n) is 2.84. The van der Waals surface area contributed by atoms with E-state index in [1.165, 1.54) is 12.3 Å². The second kappa shape index (κ2) is 6.00. The molecule has 2 heterocycles. The summed E-state index contributed by atoms with van der Waals surface area (Å²) in [5.41, 5.74) is 1.43. The first kappa shape index (κ1) is 15.7. The van der Waals surface area contributed by atoms with Crippen LogP contribution in [0.5, 0.6) is 0 Å². The molecule has 0 spiro atoms. The predicted molar refractivity (Wildman–Crippen MR) is 85.1 cm³/mol. The number of carbonyl (C=O) groups is 1. The second-order valence-electron chi connectivity index (χ2n) is 5.62. The Kier molecular flexibility index (Phi) is 4.49. The van der Waals surface area contributed by atoms with E-state index >= 15 is 0 Å². The van der Waals surface area contributed by atoms with Gasteiger partial charge in [0.05, 0.1) is 16.9 Å². The molecule has 2 aromatic rings. The lowest BCUT2D eigenvalue weighted by Crippen LogP contribution is -2.17. The highest BCUT2D eigenvalue weighted by Crippen LogP contribution is 2.25. The molecule has 2 aromatic heterocycles. The van der Waals surface area contributed by atoms with Crippen molar-refractivity contribution in [1.29, 1.82) is 0 Å². The molecule has 6 heteroatoms. The molecular formula is C15H15Cl2N3O. The molecule has 4 nitrogen and oxygen atoms in total. The average Bonchev–Trinajstić information content (AvgIpc) is 2.39. The van der Waals surface area contributed by atoms with Crippen molar-refractivity contribution in [2.24, 2.45) is 0 Å². The maximum absolute atomic E-state index is 12.3. The molecule has 2 rings (SSSR count). The summed E-state index contributed by atoms with van der Waals surface area (Å²) in [7, 11) is 0. The molecule has 0 bridgehead atoms. The molecule has 1 amide bonds. The fourth-order valence-electron chi connectivity index (χ4n) is 1.68. The van der Waals surface area contributed by atoms with E-state index in [0.717, 1.165) is 5.69 Å². The molecular weight excluding hydrogens is 309 g/mol. The van der Waals surface area contributed by atoms with Crippen LogP contribution in [0.3, 0.4) is 0 Å². The van der Waals surface area contributed by atoms with Crippen molar-refractivity contribution in [3.05, 3.63) is 52.0 Å². The molecule has 0 saturated heterocycles. The monoisotopic (exact) mass is 323 g/mol. The van der Waals surface area contributed by atoms with Crippen LogP contribution in [0.1, 0.15) is 36.8 Å². The summed E-state index contributed by atoms with van der Waals surface area (Å²) in [6.07, 6.45) is 3.05. The van der Waals surface area contributed by atoms with E-state index in [9.17, 15) is 4.79 Å². The van der Waals surface area contributed by atoms with E-state index in [1.807, 2.05) is 20.8 Å². The molecule has 0 atom stereocenters. The van der Waals surface area contributed by atoms with Crippen molar-refractivity contribution >= 4 is 34.8 Å². The molecule has 21 heavy (non-hydrogen) atoms. The number of halogens is 2. The number of aromatic nitrogens is 2. The second-order valence-corrected chi connectivity index (χ2v) is 6.42. The lowest BCUT2D eigenvalue weighted by atomic mass is 9.91. The minimum absolute atomic E-state index is 0.203. The van der Waals surface area contributed by atoms with E-state index < -0.39 is 0 Å². The third kappa shape index (κ3) is 3.93. The van der Waals surface area contributed by atoms with E-state index in [0.29, 0.717) is 16.3 Å². The van der Waals surface area contributed by atoms with Gasteiger partial charge in [-0.2, -0.15) is 0 Å². The topological polar surface area (TPSA) is 54.9 Å². The number of nitrogens with one attached hydrogen (secondary N) is 1. The molecule has 0 radical (unpaired) electrons. The molecule has 0 aliphatic heterocycles. The van der Waals surface area contributed by atoms with Gasteiger partial charge in [0.1, 0.15) is 5.15 Å². The van der Waals surface area contributed by atoms with Crippen LogP contribution in [0.2, 0.25) is 10.2 Å². The number of nitrogens with zero attached hydrogens (tertiary/aromatic N) is 2. The van der Waals surface area contributed by atoms with Crippen LogP contribution >= 0.6 is 23.2 Å². The zero-order valence-corrected chi connectivity index (χ0v) is 13.5. The smallest absolute Gasteiger partial charge is 0.255 e. The Balaban J connectivity index is 2.32. The van der Waals surface area contributed by atoms with Crippen molar-refractivity contribution in [3.8, 4) is 0 Å². The average molecular weight is 324 g/mol. The van der Waals surface area contributed by atoms with Gasteiger partial charge in [-0.25, -0.2) is 4.98 Å². The molecule has 0 aromatic carbocycles. The van der Waals surface area contributed by atoms with E-state index in [-0.39, 0.29) is 16.5 Å². The van der Waals surface area contributed by atoms with Crippen LogP contribution < -0.4 is 5.32 Å². The van der Waals surface area contributed by atoms with Gasteiger partial charge in [-0.05, 0) is 18.2 Å². The van der Waals surface area contributed by atoms with Gasteiger partial charge in [0.15, 0.2) is 0 Å². The van der Waals surface area contributed by atoms with Crippen molar-refractivity contribution in [2.45, 2.75) is 26.2 Å². The Labute approximate surface area is 133 Å². The number of pyridine rings is 2.